The molecule has 4 aromatic carbocycles. The van der Waals surface area contributed by atoms with Gasteiger partial charge in [0.05, 0.1) is 17.9 Å². The molecule has 264 valence electrons. The van der Waals surface area contributed by atoms with Gasteiger partial charge < -0.3 is 20.7 Å². The average molecular weight is 734 g/mol. The number of carbonyl (C=O) groups is 4. The number of hydrogen-bond acceptors (Lipinski definition) is 7. The number of benzene rings is 4. The van der Waals surface area contributed by atoms with Gasteiger partial charge in [-0.25, -0.2) is 9.18 Å². The number of fused-ring (bicyclic) bond motifs is 1. The van der Waals surface area contributed by atoms with Crippen molar-refractivity contribution in [3.8, 4) is 0 Å². The molecule has 6 rings (SSSR count). The second kappa shape index (κ2) is 16.7. The zero-order valence-electron chi connectivity index (χ0n) is 28.5. The summed E-state index contributed by atoms with van der Waals surface area (Å²) in [5, 5.41) is 8.42. The summed E-state index contributed by atoms with van der Waals surface area (Å²) in [7, 11) is 1.34. The molecule has 1 aliphatic rings. The molecular weight excluding hydrogens is 698 g/mol. The van der Waals surface area contributed by atoms with Crippen LogP contribution in [0.3, 0.4) is 0 Å². The third-order valence-corrected chi connectivity index (χ3v) is 10.9. The van der Waals surface area contributed by atoms with Gasteiger partial charge in [-0.3, -0.25) is 14.4 Å². The van der Waals surface area contributed by atoms with Gasteiger partial charge in [-0.1, -0.05) is 66.7 Å². The van der Waals surface area contributed by atoms with E-state index in [-0.39, 0.29) is 11.6 Å². The molecule has 0 radical (unpaired) electrons. The average Bonchev–Trinajstić information content (AvgIpc) is 3.52. The van der Waals surface area contributed by atoms with Crippen LogP contribution in [0, 0.1) is 5.82 Å². The topological polar surface area (TPSA) is 114 Å². The fourth-order valence-corrected chi connectivity index (χ4v) is 8.23. The van der Waals surface area contributed by atoms with Crippen molar-refractivity contribution in [2.75, 3.05) is 17.7 Å². The number of thiophene rings is 1. The highest BCUT2D eigenvalue weighted by molar-refractivity contribution is 8.00. The molecule has 11 heteroatoms. The second-order valence-electron chi connectivity index (χ2n) is 12.2. The van der Waals surface area contributed by atoms with Crippen molar-refractivity contribution in [2.24, 2.45) is 0 Å². The standard InChI is InChI=1S/C41H36FN3O5S2/c1-25(37(46)45-40-36(41(49)50-2)33-21-18-29(23-35(33)52-40)27-10-5-3-6-11-27)51-32-15-9-14-31(24-32)43-39(48)34(22-26-16-19-30(42)20-17-26)44-38(47)28-12-7-4-8-13-28/h3-17,19-20,22,24-25,29H,18,21,23H2,1-2H3,(H,43,48)(H,44,47)(H,45,46)/b34-22-. The summed E-state index contributed by atoms with van der Waals surface area (Å²) in [5.41, 5.74) is 3.90. The minimum atomic E-state index is -0.590. The number of nitrogens with one attached hydrogen (secondary N) is 3. The molecule has 0 spiro atoms. The Balaban J connectivity index is 1.15. The van der Waals surface area contributed by atoms with E-state index in [1.54, 1.807) is 55.5 Å². The SMILES string of the molecule is COC(=O)c1c(NC(=O)C(C)Sc2cccc(NC(=O)/C(=C/c3ccc(F)cc3)NC(=O)c3ccccc3)c2)sc2c1CCC(c1ccccc1)C2. The summed E-state index contributed by atoms with van der Waals surface area (Å²) >= 11 is 2.72. The van der Waals surface area contributed by atoms with E-state index in [9.17, 15) is 23.6 Å². The minimum Gasteiger partial charge on any atom is -0.465 e. The lowest BCUT2D eigenvalue weighted by Gasteiger charge is -2.22. The molecule has 1 aromatic heterocycles. The molecule has 0 aliphatic heterocycles. The van der Waals surface area contributed by atoms with Crippen LogP contribution in [0.15, 0.2) is 120 Å². The van der Waals surface area contributed by atoms with Crippen LogP contribution in [-0.4, -0.2) is 36.1 Å². The van der Waals surface area contributed by atoms with Gasteiger partial charge in [0.15, 0.2) is 0 Å². The first kappa shape index (κ1) is 36.3. The summed E-state index contributed by atoms with van der Waals surface area (Å²) in [4.78, 5) is 54.7. The van der Waals surface area contributed by atoms with Crippen LogP contribution in [-0.2, 0) is 27.2 Å². The molecule has 3 amide bonds. The van der Waals surface area contributed by atoms with Crippen molar-refractivity contribution < 1.29 is 28.3 Å². The van der Waals surface area contributed by atoms with E-state index in [0.29, 0.717) is 44.6 Å². The van der Waals surface area contributed by atoms with Crippen LogP contribution in [0.5, 0.6) is 0 Å². The molecule has 0 fully saturated rings. The van der Waals surface area contributed by atoms with Crippen LogP contribution in [0.1, 0.15) is 61.5 Å². The first-order valence-corrected chi connectivity index (χ1v) is 18.4. The van der Waals surface area contributed by atoms with E-state index in [1.807, 2.05) is 24.3 Å². The molecule has 0 saturated heterocycles. The Bertz CT molecular complexity index is 2120. The predicted molar refractivity (Wildman–Crippen MR) is 204 cm³/mol. The van der Waals surface area contributed by atoms with Crippen LogP contribution in [0.4, 0.5) is 15.1 Å². The molecule has 8 nitrogen and oxygen atoms in total. The Labute approximate surface area is 309 Å². The van der Waals surface area contributed by atoms with Crippen molar-refractivity contribution in [1.82, 2.24) is 5.32 Å². The van der Waals surface area contributed by atoms with Gasteiger partial charge in [-0.05, 0) is 97.3 Å². The van der Waals surface area contributed by atoms with Crippen LogP contribution < -0.4 is 16.0 Å². The quantitative estimate of drug-likeness (QED) is 0.0714. The number of anilines is 2. The van der Waals surface area contributed by atoms with E-state index >= 15 is 0 Å². The highest BCUT2D eigenvalue weighted by Crippen LogP contribution is 2.43. The fraction of sp³-hybridized carbons (Fsp3) is 0.171. The lowest BCUT2D eigenvalue weighted by molar-refractivity contribution is -0.115. The van der Waals surface area contributed by atoms with E-state index in [1.165, 1.54) is 66.1 Å². The third-order valence-electron chi connectivity index (χ3n) is 8.65. The molecule has 2 unspecified atom stereocenters. The van der Waals surface area contributed by atoms with Crippen molar-refractivity contribution in [2.45, 2.75) is 42.2 Å². The Morgan fingerprint density at radius 2 is 1.62 bits per heavy atom. The molecule has 52 heavy (non-hydrogen) atoms. The normalized spacial score (nSPS) is 14.4. The van der Waals surface area contributed by atoms with Gasteiger partial charge in [0.1, 0.15) is 16.5 Å². The number of hydrogen-bond donors (Lipinski definition) is 3. The van der Waals surface area contributed by atoms with E-state index in [4.69, 9.17) is 4.74 Å². The zero-order valence-corrected chi connectivity index (χ0v) is 30.1. The lowest BCUT2D eigenvalue weighted by Crippen LogP contribution is -2.30. The Morgan fingerprint density at radius 1 is 0.904 bits per heavy atom. The molecule has 1 heterocycles. The molecule has 3 N–H and O–H groups in total. The zero-order chi connectivity index (χ0) is 36.6. The fourth-order valence-electron chi connectivity index (χ4n) is 5.99. The number of amides is 3. The summed E-state index contributed by atoms with van der Waals surface area (Å²) in [6.45, 7) is 1.77. The van der Waals surface area contributed by atoms with E-state index < -0.39 is 28.9 Å². The number of carbonyl (C=O) groups excluding carboxylic acids is 4. The number of methoxy groups -OCH3 is 1. The first-order chi connectivity index (χ1) is 25.2. The van der Waals surface area contributed by atoms with Gasteiger partial charge in [-0.15, -0.1) is 23.1 Å². The summed E-state index contributed by atoms with van der Waals surface area (Å²) < 4.78 is 18.7. The largest absolute Gasteiger partial charge is 0.465 e. The molecule has 0 saturated carbocycles. The monoisotopic (exact) mass is 733 g/mol. The Hall–Kier alpha value is -5.52. The van der Waals surface area contributed by atoms with Crippen LogP contribution >= 0.6 is 23.1 Å². The third kappa shape index (κ3) is 8.85. The van der Waals surface area contributed by atoms with Crippen molar-refractivity contribution in [3.63, 3.8) is 0 Å². The van der Waals surface area contributed by atoms with Gasteiger partial charge >= 0.3 is 5.97 Å². The van der Waals surface area contributed by atoms with E-state index in [0.717, 1.165) is 23.3 Å². The summed E-state index contributed by atoms with van der Waals surface area (Å²) in [6.07, 6.45) is 3.86. The smallest absolute Gasteiger partial charge is 0.341 e. The van der Waals surface area contributed by atoms with Gasteiger partial charge in [0, 0.05) is 21.0 Å². The van der Waals surface area contributed by atoms with Crippen LogP contribution in [0.25, 0.3) is 6.08 Å². The Kier molecular flexibility index (Phi) is 11.6. The molecule has 0 bridgehead atoms. The van der Waals surface area contributed by atoms with E-state index in [2.05, 4.69) is 28.1 Å². The highest BCUT2D eigenvalue weighted by atomic mass is 32.2. The minimum absolute atomic E-state index is 0.0404. The molecular formula is C41H36FN3O5S2. The maximum atomic E-state index is 13.6. The second-order valence-corrected chi connectivity index (χ2v) is 14.7. The number of esters is 1. The van der Waals surface area contributed by atoms with Gasteiger partial charge in [-0.2, -0.15) is 0 Å². The first-order valence-electron chi connectivity index (χ1n) is 16.7. The predicted octanol–water partition coefficient (Wildman–Crippen LogP) is 8.48. The number of thioether (sulfide) groups is 1. The molecule has 2 atom stereocenters. The maximum absolute atomic E-state index is 13.6. The van der Waals surface area contributed by atoms with Crippen molar-refractivity contribution >= 4 is 63.6 Å². The number of ether oxygens (including phenoxy) is 1. The maximum Gasteiger partial charge on any atom is 0.341 e. The molecule has 5 aromatic rings. The van der Waals surface area contributed by atoms with Gasteiger partial charge in [0.2, 0.25) is 5.91 Å². The Morgan fingerprint density at radius 3 is 2.33 bits per heavy atom. The molecule has 1 aliphatic carbocycles. The van der Waals surface area contributed by atoms with Crippen molar-refractivity contribution in [1.29, 1.82) is 0 Å². The van der Waals surface area contributed by atoms with Crippen LogP contribution in [0.2, 0.25) is 0 Å². The van der Waals surface area contributed by atoms with Crippen molar-refractivity contribution in [3.05, 3.63) is 153 Å². The summed E-state index contributed by atoms with van der Waals surface area (Å²) in [6, 6.07) is 31.3. The highest BCUT2D eigenvalue weighted by Gasteiger charge is 2.31. The number of rotatable bonds is 11. The summed E-state index contributed by atoms with van der Waals surface area (Å²) in [5.74, 6) is -1.92. The lowest BCUT2D eigenvalue weighted by atomic mass is 9.83. The number of halogens is 1. The van der Waals surface area contributed by atoms with Gasteiger partial charge in [0.25, 0.3) is 11.8 Å².